The summed E-state index contributed by atoms with van der Waals surface area (Å²) in [5.41, 5.74) is 2.91. The summed E-state index contributed by atoms with van der Waals surface area (Å²) in [7, 11) is 0. The molecule has 0 saturated heterocycles. The van der Waals surface area contributed by atoms with Crippen LogP contribution in [0.25, 0.3) is 0 Å². The highest BCUT2D eigenvalue weighted by Crippen LogP contribution is 2.17. The molecule has 0 unspecified atom stereocenters. The molecule has 0 aromatic carbocycles. The predicted octanol–water partition coefficient (Wildman–Crippen LogP) is 2.88. The van der Waals surface area contributed by atoms with Crippen molar-refractivity contribution in [2.45, 2.75) is 46.5 Å². The second-order valence-corrected chi connectivity index (χ2v) is 4.49. The fourth-order valence-corrected chi connectivity index (χ4v) is 1.58. The Morgan fingerprint density at radius 1 is 1.00 bits per heavy atom. The van der Waals surface area contributed by atoms with Crippen molar-refractivity contribution in [2.24, 2.45) is 0 Å². The van der Waals surface area contributed by atoms with E-state index in [0.29, 0.717) is 0 Å². The van der Waals surface area contributed by atoms with Crippen molar-refractivity contribution in [2.75, 3.05) is 0 Å². The van der Waals surface area contributed by atoms with Crippen LogP contribution in [0.3, 0.4) is 0 Å². The molecular formula is C12H19NO. The van der Waals surface area contributed by atoms with Crippen LogP contribution < -0.4 is 4.73 Å². The summed E-state index contributed by atoms with van der Waals surface area (Å²) in [4.78, 5) is 0. The molecule has 0 radical (unpaired) electrons. The Hall–Kier alpha value is -1.05. The monoisotopic (exact) mass is 193 g/mol. The van der Waals surface area contributed by atoms with Crippen LogP contribution in [-0.2, 0) is 0 Å². The molecule has 1 heterocycles. The number of hydrogen-bond acceptors (Lipinski definition) is 1. The fraction of sp³-hybridized carbons (Fsp3) is 0.583. The van der Waals surface area contributed by atoms with E-state index in [1.54, 1.807) is 0 Å². The van der Waals surface area contributed by atoms with Gasteiger partial charge in [0, 0.05) is 24.0 Å². The molecule has 1 aromatic rings. The normalized spacial score (nSPS) is 11.4. The Balaban J connectivity index is 3.32. The molecule has 0 atom stereocenters. The third-order valence-electron chi connectivity index (χ3n) is 2.40. The van der Waals surface area contributed by atoms with Gasteiger partial charge in [0.05, 0.1) is 0 Å². The molecule has 14 heavy (non-hydrogen) atoms. The molecule has 0 aliphatic carbocycles. The van der Waals surface area contributed by atoms with Crippen molar-refractivity contribution in [3.05, 3.63) is 34.3 Å². The largest absolute Gasteiger partial charge is 0.618 e. The average Bonchev–Trinajstić information content (AvgIpc) is 2.07. The molecule has 0 bridgehead atoms. The molecule has 1 aromatic heterocycles. The summed E-state index contributed by atoms with van der Waals surface area (Å²) >= 11 is 0. The van der Waals surface area contributed by atoms with Crippen LogP contribution in [0.1, 0.15) is 56.5 Å². The summed E-state index contributed by atoms with van der Waals surface area (Å²) in [6.45, 7) is 10.2. The van der Waals surface area contributed by atoms with E-state index in [4.69, 9.17) is 0 Å². The Kier molecular flexibility index (Phi) is 3.14. The van der Waals surface area contributed by atoms with E-state index >= 15 is 0 Å². The SMILES string of the molecule is Cc1cc(C(C)C)[n+]([O-])c(C(C)C)c1. The molecule has 78 valence electrons. The molecule has 0 aliphatic rings. The van der Waals surface area contributed by atoms with Gasteiger partial charge in [0.15, 0.2) is 11.4 Å². The van der Waals surface area contributed by atoms with Crippen LogP contribution >= 0.6 is 0 Å². The lowest BCUT2D eigenvalue weighted by molar-refractivity contribution is -0.624. The van der Waals surface area contributed by atoms with Crippen LogP contribution in [-0.4, -0.2) is 0 Å². The van der Waals surface area contributed by atoms with Crippen molar-refractivity contribution in [3.63, 3.8) is 0 Å². The fourth-order valence-electron chi connectivity index (χ4n) is 1.58. The molecule has 0 spiro atoms. The van der Waals surface area contributed by atoms with Gasteiger partial charge in [0.1, 0.15) is 0 Å². The maximum atomic E-state index is 11.9. The van der Waals surface area contributed by atoms with Gasteiger partial charge in [0.2, 0.25) is 0 Å². The highest BCUT2D eigenvalue weighted by atomic mass is 16.5. The van der Waals surface area contributed by atoms with E-state index in [9.17, 15) is 5.21 Å². The summed E-state index contributed by atoms with van der Waals surface area (Å²) in [5.74, 6) is 0.565. The minimum absolute atomic E-state index is 0.282. The Morgan fingerprint density at radius 2 is 1.36 bits per heavy atom. The van der Waals surface area contributed by atoms with Crippen molar-refractivity contribution >= 4 is 0 Å². The molecule has 0 N–H and O–H groups in total. The second kappa shape index (κ2) is 3.99. The van der Waals surface area contributed by atoms with E-state index in [1.165, 1.54) is 5.56 Å². The van der Waals surface area contributed by atoms with Gasteiger partial charge in [-0.1, -0.05) is 27.7 Å². The maximum Gasteiger partial charge on any atom is 0.195 e. The number of aromatic nitrogens is 1. The van der Waals surface area contributed by atoms with E-state index in [-0.39, 0.29) is 11.8 Å². The lowest BCUT2D eigenvalue weighted by atomic mass is 10.0. The minimum Gasteiger partial charge on any atom is -0.618 e. The van der Waals surface area contributed by atoms with Crippen LogP contribution in [0, 0.1) is 12.1 Å². The van der Waals surface area contributed by atoms with Crippen LogP contribution in [0.15, 0.2) is 12.1 Å². The van der Waals surface area contributed by atoms with E-state index in [1.807, 2.05) is 46.8 Å². The van der Waals surface area contributed by atoms with E-state index in [2.05, 4.69) is 0 Å². The predicted molar refractivity (Wildman–Crippen MR) is 58.3 cm³/mol. The first-order valence-electron chi connectivity index (χ1n) is 5.17. The third kappa shape index (κ3) is 2.06. The first-order chi connectivity index (χ1) is 6.43. The molecule has 2 heteroatoms. The number of nitrogens with zero attached hydrogens (tertiary/aromatic N) is 1. The molecule has 0 aliphatic heterocycles. The molecule has 0 amide bonds. The van der Waals surface area contributed by atoms with Crippen molar-refractivity contribution in [1.29, 1.82) is 0 Å². The molecule has 0 fully saturated rings. The highest BCUT2D eigenvalue weighted by Gasteiger charge is 2.17. The lowest BCUT2D eigenvalue weighted by Gasteiger charge is -2.14. The highest BCUT2D eigenvalue weighted by molar-refractivity contribution is 5.18. The van der Waals surface area contributed by atoms with Gasteiger partial charge in [-0.3, -0.25) is 0 Å². The van der Waals surface area contributed by atoms with Gasteiger partial charge < -0.3 is 5.21 Å². The van der Waals surface area contributed by atoms with E-state index < -0.39 is 0 Å². The summed E-state index contributed by atoms with van der Waals surface area (Å²) in [6.07, 6.45) is 0. The van der Waals surface area contributed by atoms with Gasteiger partial charge >= 0.3 is 0 Å². The number of hydrogen-bond donors (Lipinski definition) is 0. The molecule has 2 nitrogen and oxygen atoms in total. The van der Waals surface area contributed by atoms with Crippen LogP contribution in [0.2, 0.25) is 0 Å². The summed E-state index contributed by atoms with van der Waals surface area (Å²) in [5, 5.41) is 11.9. The summed E-state index contributed by atoms with van der Waals surface area (Å²) < 4.78 is 1.09. The smallest absolute Gasteiger partial charge is 0.195 e. The number of rotatable bonds is 2. The lowest BCUT2D eigenvalue weighted by Crippen LogP contribution is -2.38. The second-order valence-electron chi connectivity index (χ2n) is 4.49. The zero-order valence-corrected chi connectivity index (χ0v) is 9.66. The average molecular weight is 193 g/mol. The van der Waals surface area contributed by atoms with Crippen molar-refractivity contribution in [1.82, 2.24) is 0 Å². The Labute approximate surface area is 86.2 Å². The number of pyridine rings is 1. The zero-order chi connectivity index (χ0) is 10.9. The Bertz CT molecular complexity index is 300. The van der Waals surface area contributed by atoms with Gasteiger partial charge in [-0.2, -0.15) is 4.73 Å². The third-order valence-corrected chi connectivity index (χ3v) is 2.40. The molecule has 0 saturated carbocycles. The minimum atomic E-state index is 0.282. The van der Waals surface area contributed by atoms with Gasteiger partial charge in [0.25, 0.3) is 0 Å². The number of aryl methyl sites for hydroxylation is 1. The molecular weight excluding hydrogens is 174 g/mol. The van der Waals surface area contributed by atoms with Gasteiger partial charge in [-0.25, -0.2) is 0 Å². The van der Waals surface area contributed by atoms with Crippen molar-refractivity contribution in [3.8, 4) is 0 Å². The zero-order valence-electron chi connectivity index (χ0n) is 9.66. The summed E-state index contributed by atoms with van der Waals surface area (Å²) in [6, 6.07) is 3.95. The van der Waals surface area contributed by atoms with Crippen molar-refractivity contribution < 1.29 is 4.73 Å². The van der Waals surface area contributed by atoms with E-state index in [0.717, 1.165) is 16.1 Å². The van der Waals surface area contributed by atoms with Gasteiger partial charge in [-0.05, 0) is 12.5 Å². The Morgan fingerprint density at radius 3 is 1.64 bits per heavy atom. The first-order valence-corrected chi connectivity index (χ1v) is 5.17. The quantitative estimate of drug-likeness (QED) is 0.524. The molecule has 1 rings (SSSR count). The van der Waals surface area contributed by atoms with Gasteiger partial charge in [-0.15, -0.1) is 0 Å². The first kappa shape index (κ1) is 11.0. The topological polar surface area (TPSA) is 26.9 Å². The standard InChI is InChI=1S/C12H19NO/c1-8(2)11-6-10(5)7-12(9(3)4)13(11)14/h6-9H,1-5H3. The van der Waals surface area contributed by atoms with Crippen LogP contribution in [0.5, 0.6) is 0 Å². The maximum absolute atomic E-state index is 11.9. The van der Waals surface area contributed by atoms with Crippen LogP contribution in [0.4, 0.5) is 0 Å².